The van der Waals surface area contributed by atoms with E-state index in [0.717, 1.165) is 15.4 Å². The summed E-state index contributed by atoms with van der Waals surface area (Å²) in [6.45, 7) is -0.360. The second-order valence-electron chi connectivity index (χ2n) is 8.09. The second kappa shape index (κ2) is 9.60. The van der Waals surface area contributed by atoms with Gasteiger partial charge in [-0.2, -0.15) is 18.3 Å². The number of primary amides is 1. The number of nitrogens with zero attached hydrogens (tertiary/aromatic N) is 6. The first-order valence-electron chi connectivity index (χ1n) is 10.7. The van der Waals surface area contributed by atoms with Gasteiger partial charge < -0.3 is 15.8 Å². The molecule has 0 fully saturated rings. The highest BCUT2D eigenvalue weighted by Gasteiger charge is 2.43. The molecule has 0 atom stereocenters. The maximum Gasteiger partial charge on any atom is 0.494 e. The van der Waals surface area contributed by atoms with Crippen molar-refractivity contribution in [2.75, 3.05) is 10.6 Å². The maximum absolute atomic E-state index is 13.8. The fraction of sp³-hybridized carbons (Fsp3) is 0.143. The van der Waals surface area contributed by atoms with Gasteiger partial charge in [-0.05, 0) is 24.3 Å². The molecule has 0 radical (unpaired) electrons. The summed E-state index contributed by atoms with van der Waals surface area (Å²) >= 11 is 12.4. The average molecular weight is 604 g/mol. The zero-order valence-corrected chi connectivity index (χ0v) is 20.8. The summed E-state index contributed by atoms with van der Waals surface area (Å²) in [5.41, 5.74) is 2.42. The third kappa shape index (κ3) is 5.07. The van der Waals surface area contributed by atoms with Gasteiger partial charge in [0.05, 0.1) is 39.9 Å². The lowest BCUT2D eigenvalue weighted by Gasteiger charge is -2.14. The zero-order valence-electron chi connectivity index (χ0n) is 19.3. The van der Waals surface area contributed by atoms with Gasteiger partial charge in [0.25, 0.3) is 11.8 Å². The first-order chi connectivity index (χ1) is 18.7. The molecule has 4 N–H and O–H groups in total. The first-order valence-corrected chi connectivity index (χ1v) is 11.5. The minimum atomic E-state index is -4.74. The third-order valence-corrected chi connectivity index (χ3v) is 5.91. The van der Waals surface area contributed by atoms with Crippen LogP contribution in [0.25, 0.3) is 5.82 Å². The summed E-state index contributed by atoms with van der Waals surface area (Å²) < 4.78 is 72.6. The molecule has 0 bridgehead atoms. The van der Waals surface area contributed by atoms with Crippen molar-refractivity contribution in [1.82, 2.24) is 29.8 Å². The third-order valence-electron chi connectivity index (χ3n) is 5.31. The van der Waals surface area contributed by atoms with Crippen LogP contribution in [-0.2, 0) is 12.7 Å². The molecule has 0 saturated heterocycles. The molecule has 1 aliphatic rings. The summed E-state index contributed by atoms with van der Waals surface area (Å²) in [7, 11) is 0. The van der Waals surface area contributed by atoms with Crippen LogP contribution >= 0.6 is 23.2 Å². The molecule has 0 spiro atoms. The highest BCUT2D eigenvalue weighted by atomic mass is 35.5. The van der Waals surface area contributed by atoms with Crippen molar-refractivity contribution in [2.24, 2.45) is 5.73 Å². The standard InChI is InChI=1S/C21H12Cl2F5N9O3/c22-9-2-1-3-30-18(9)37-12(4-8(34-37)6-36-7-13(33-35-36)20(24,25)26)19(39)31-15-10(23)5-11-16(14(15)17(29)38)40-21(27,28)32-11/h1-5,7,32H,6H2,(H2,29,38)(H,31,39). The van der Waals surface area contributed by atoms with Gasteiger partial charge in [0.2, 0.25) is 0 Å². The van der Waals surface area contributed by atoms with Gasteiger partial charge in [-0.15, -0.1) is 13.9 Å². The SMILES string of the molecule is NC(=O)c1c(NC(=O)c2cc(Cn3cc(C(F)(F)F)nn3)nn2-c2ncccc2Cl)c(Cl)cc2c1OC(F)(F)N2. The molecule has 208 valence electrons. The van der Waals surface area contributed by atoms with E-state index in [1.807, 2.05) is 0 Å². The smallest absolute Gasteiger partial charge is 0.412 e. The quantitative estimate of drug-likeness (QED) is 0.221. The number of hydrogen-bond acceptors (Lipinski definition) is 8. The number of ether oxygens (including phenoxy) is 1. The van der Waals surface area contributed by atoms with Gasteiger partial charge in [-0.25, -0.2) is 14.3 Å². The van der Waals surface area contributed by atoms with E-state index in [2.05, 4.69) is 30.4 Å². The van der Waals surface area contributed by atoms with Crippen LogP contribution in [0.4, 0.5) is 33.3 Å². The summed E-state index contributed by atoms with van der Waals surface area (Å²) in [6, 6.07) is 5.10. The highest BCUT2D eigenvalue weighted by molar-refractivity contribution is 6.36. The van der Waals surface area contributed by atoms with Gasteiger partial charge in [-0.3, -0.25) is 14.9 Å². The van der Waals surface area contributed by atoms with Crippen molar-refractivity contribution in [3.8, 4) is 11.6 Å². The molecule has 40 heavy (non-hydrogen) atoms. The molecule has 12 nitrogen and oxygen atoms in total. The van der Waals surface area contributed by atoms with E-state index in [1.165, 1.54) is 24.4 Å². The molecule has 3 aromatic heterocycles. The van der Waals surface area contributed by atoms with E-state index >= 15 is 0 Å². The Morgan fingerprint density at radius 1 is 1.20 bits per heavy atom. The fourth-order valence-electron chi connectivity index (χ4n) is 3.71. The van der Waals surface area contributed by atoms with E-state index in [-0.39, 0.29) is 39.5 Å². The van der Waals surface area contributed by atoms with Crippen molar-refractivity contribution in [2.45, 2.75) is 19.0 Å². The number of nitrogens with two attached hydrogens (primary N) is 1. The van der Waals surface area contributed by atoms with Crippen LogP contribution in [0, 0.1) is 0 Å². The van der Waals surface area contributed by atoms with Gasteiger partial charge in [0, 0.05) is 6.20 Å². The summed E-state index contributed by atoms with van der Waals surface area (Å²) in [5, 5.41) is 14.4. The lowest BCUT2D eigenvalue weighted by molar-refractivity contribution is -0.141. The summed E-state index contributed by atoms with van der Waals surface area (Å²) in [5.74, 6) is -2.94. The molecule has 19 heteroatoms. The number of fused-ring (bicyclic) bond motifs is 1. The molecule has 4 heterocycles. The lowest BCUT2D eigenvalue weighted by atomic mass is 10.1. The molecule has 1 aliphatic heterocycles. The largest absolute Gasteiger partial charge is 0.494 e. The van der Waals surface area contributed by atoms with Crippen LogP contribution in [0.1, 0.15) is 32.2 Å². The first kappa shape index (κ1) is 27.1. The Kier molecular flexibility index (Phi) is 6.49. The van der Waals surface area contributed by atoms with Crippen molar-refractivity contribution < 1.29 is 36.3 Å². The number of nitrogens with one attached hydrogen (secondary N) is 2. The fourth-order valence-corrected chi connectivity index (χ4v) is 4.16. The maximum atomic E-state index is 13.8. The topological polar surface area (TPSA) is 155 Å². The molecule has 5 rings (SSSR count). The average Bonchev–Trinajstić information content (AvgIpc) is 3.56. The van der Waals surface area contributed by atoms with E-state index in [4.69, 9.17) is 28.9 Å². The summed E-state index contributed by atoms with van der Waals surface area (Å²) in [4.78, 5) is 29.7. The lowest BCUT2D eigenvalue weighted by Crippen LogP contribution is -2.28. The van der Waals surface area contributed by atoms with Crippen LogP contribution in [0.5, 0.6) is 5.75 Å². The number of alkyl halides is 5. The van der Waals surface area contributed by atoms with Gasteiger partial charge >= 0.3 is 12.4 Å². The number of rotatable bonds is 6. The normalized spacial score (nSPS) is 13.9. The van der Waals surface area contributed by atoms with Crippen LogP contribution < -0.4 is 21.1 Å². The molecular weight excluding hydrogens is 592 g/mol. The predicted molar refractivity (Wildman–Crippen MR) is 128 cm³/mol. The molecule has 4 aromatic rings. The van der Waals surface area contributed by atoms with Gasteiger partial charge in [0.15, 0.2) is 17.3 Å². The van der Waals surface area contributed by atoms with Crippen LogP contribution in [-0.4, -0.2) is 47.8 Å². The number of carbonyl (C=O) groups is 2. The number of halogens is 7. The second-order valence-corrected chi connectivity index (χ2v) is 8.90. The Morgan fingerprint density at radius 2 is 1.95 bits per heavy atom. The van der Waals surface area contributed by atoms with Gasteiger partial charge in [0.1, 0.15) is 11.3 Å². The molecule has 0 unspecified atom stereocenters. The monoisotopic (exact) mass is 603 g/mol. The molecule has 2 amide bonds. The Bertz CT molecular complexity index is 1670. The van der Waals surface area contributed by atoms with Crippen molar-refractivity contribution in [3.05, 3.63) is 69.3 Å². The molecule has 1 aromatic carbocycles. The highest BCUT2D eigenvalue weighted by Crippen LogP contribution is 2.47. The number of amides is 2. The number of anilines is 2. The number of benzene rings is 1. The van der Waals surface area contributed by atoms with Crippen molar-refractivity contribution >= 4 is 46.4 Å². The molecular formula is C21H12Cl2F5N9O3. The minimum absolute atomic E-state index is 0.0212. The molecule has 0 saturated carbocycles. The van der Waals surface area contributed by atoms with Crippen LogP contribution in [0.2, 0.25) is 10.0 Å². The predicted octanol–water partition coefficient (Wildman–Crippen LogP) is 3.94. The van der Waals surface area contributed by atoms with Crippen molar-refractivity contribution in [3.63, 3.8) is 0 Å². The van der Waals surface area contributed by atoms with Crippen molar-refractivity contribution in [1.29, 1.82) is 0 Å². The Labute approximate surface area is 228 Å². The molecule has 0 aliphatic carbocycles. The van der Waals surface area contributed by atoms with E-state index in [0.29, 0.717) is 6.20 Å². The van der Waals surface area contributed by atoms with Crippen LogP contribution in [0.3, 0.4) is 0 Å². The van der Waals surface area contributed by atoms with E-state index < -0.39 is 46.9 Å². The Hall–Kier alpha value is -4.51. The number of carbonyl (C=O) groups excluding carboxylic acids is 2. The van der Waals surface area contributed by atoms with Crippen LogP contribution in [0.15, 0.2) is 36.7 Å². The van der Waals surface area contributed by atoms with Gasteiger partial charge in [-0.1, -0.05) is 28.4 Å². The minimum Gasteiger partial charge on any atom is -0.412 e. The van der Waals surface area contributed by atoms with E-state index in [1.54, 1.807) is 5.32 Å². The number of hydrogen-bond donors (Lipinski definition) is 3. The number of aromatic nitrogens is 6. The zero-order chi connectivity index (χ0) is 29.0. The number of pyridine rings is 1. The Balaban J connectivity index is 1.55. The van der Waals surface area contributed by atoms with E-state index in [9.17, 15) is 31.5 Å². The summed E-state index contributed by atoms with van der Waals surface area (Å²) in [6.07, 6.45) is -6.64. The Morgan fingerprint density at radius 3 is 2.60 bits per heavy atom.